The number of aliphatic hydroxyl groups is 1. The first-order valence-electron chi connectivity index (χ1n) is 12.4. The number of hydrogen-bond donors (Lipinski definition) is 1. The molecule has 4 aromatic heterocycles. The maximum absolute atomic E-state index is 15.1. The molecule has 1 aliphatic heterocycles. The van der Waals surface area contributed by atoms with E-state index in [-0.39, 0.29) is 60.2 Å². The summed E-state index contributed by atoms with van der Waals surface area (Å²) in [7, 11) is 1.60. The number of likely N-dealkylation sites (N-methyl/N-ethyl adjacent to an activating group) is 1. The Balaban J connectivity index is 0.00000370. The van der Waals surface area contributed by atoms with E-state index in [2.05, 4.69) is 19.8 Å². The molecule has 1 fully saturated rings. The maximum atomic E-state index is 15.1. The van der Waals surface area contributed by atoms with Gasteiger partial charge in [-0.15, -0.1) is 17.4 Å². The molecular weight excluding hydrogens is 541 g/mol. The van der Waals surface area contributed by atoms with Crippen molar-refractivity contribution >= 4 is 35.2 Å². The van der Waals surface area contributed by atoms with Crippen molar-refractivity contribution < 1.29 is 28.2 Å². The summed E-state index contributed by atoms with van der Waals surface area (Å²) in [5.41, 5.74) is 2.34. The topological polar surface area (TPSA) is 115 Å². The van der Waals surface area contributed by atoms with Crippen LogP contribution in [0.3, 0.4) is 0 Å². The van der Waals surface area contributed by atoms with E-state index in [1.54, 1.807) is 38.2 Å². The van der Waals surface area contributed by atoms with Crippen LogP contribution in [0.4, 0.5) is 10.2 Å². The van der Waals surface area contributed by atoms with E-state index in [0.717, 1.165) is 19.0 Å². The fourth-order valence-electron chi connectivity index (χ4n) is 4.45. The Labute approximate surface area is 236 Å². The molecule has 1 aliphatic rings. The monoisotopic (exact) mass is 567 g/mol. The molecule has 0 saturated carbocycles. The summed E-state index contributed by atoms with van der Waals surface area (Å²) >= 11 is 0. The first kappa shape index (κ1) is 28.9. The zero-order valence-electron chi connectivity index (χ0n) is 21.9. The standard InChI is InChI=1S/C28H26FN5O5.ClH/c1-16-12-17(28(36)34(3)8-9-35)14-32-25(16)23-13-21-26(39-23)24(19(29)15-31-21)20-4-5-22(27(30-2)33-20)38-18-6-10-37-11-7-18;/h4-5,12-15,18,35H,6-11H2,1,3H3;1H. The van der Waals surface area contributed by atoms with Gasteiger partial charge in [0.1, 0.15) is 28.6 Å². The number of ether oxygens (including phenoxy) is 2. The van der Waals surface area contributed by atoms with Gasteiger partial charge in [0.25, 0.3) is 5.91 Å². The number of aromatic nitrogens is 3. The van der Waals surface area contributed by atoms with Crippen molar-refractivity contribution in [1.82, 2.24) is 19.9 Å². The number of halogens is 2. The second-order valence-corrected chi connectivity index (χ2v) is 9.21. The Morgan fingerprint density at radius 3 is 2.73 bits per heavy atom. The Bertz CT molecular complexity index is 1580. The number of aryl methyl sites for hydroxylation is 1. The highest BCUT2D eigenvalue weighted by Gasteiger charge is 2.24. The van der Waals surface area contributed by atoms with Crippen LogP contribution >= 0.6 is 12.4 Å². The fraction of sp³-hybridized carbons (Fsp3) is 0.321. The number of amides is 1. The average Bonchev–Trinajstić information content (AvgIpc) is 3.37. The SMILES string of the molecule is Cl.[C-]#[N+]c1nc(-c2c(F)cnc3cc(-c4ncc(C(=O)N(C)CCO)cc4C)oc23)ccc1OC1CCOCC1. The van der Waals surface area contributed by atoms with Crippen molar-refractivity contribution in [2.24, 2.45) is 0 Å². The molecule has 10 nitrogen and oxygen atoms in total. The maximum Gasteiger partial charge on any atom is 0.312 e. The van der Waals surface area contributed by atoms with Crippen molar-refractivity contribution in [3.8, 4) is 28.5 Å². The van der Waals surface area contributed by atoms with Crippen LogP contribution in [0.5, 0.6) is 5.75 Å². The number of hydrogen-bond acceptors (Lipinski definition) is 8. The van der Waals surface area contributed by atoms with E-state index in [4.69, 9.17) is 25.6 Å². The Hall–Kier alpha value is -4.11. The molecular formula is C28H27ClFN5O5. The summed E-state index contributed by atoms with van der Waals surface area (Å²) in [4.78, 5) is 30.4. The molecule has 5 rings (SSSR count). The quantitative estimate of drug-likeness (QED) is 0.310. The van der Waals surface area contributed by atoms with Gasteiger partial charge in [-0.1, -0.05) is 6.57 Å². The van der Waals surface area contributed by atoms with Crippen molar-refractivity contribution in [3.63, 3.8) is 0 Å². The third kappa shape index (κ3) is 5.74. The second kappa shape index (κ2) is 12.4. The fourth-order valence-corrected chi connectivity index (χ4v) is 4.45. The van der Waals surface area contributed by atoms with Crippen LogP contribution < -0.4 is 4.74 Å². The first-order valence-corrected chi connectivity index (χ1v) is 12.4. The zero-order valence-corrected chi connectivity index (χ0v) is 22.7. The number of rotatable bonds is 7. The molecule has 1 N–H and O–H groups in total. The van der Waals surface area contributed by atoms with E-state index in [0.29, 0.717) is 47.1 Å². The van der Waals surface area contributed by atoms with Crippen molar-refractivity contribution in [3.05, 3.63) is 65.0 Å². The molecule has 0 radical (unpaired) electrons. The summed E-state index contributed by atoms with van der Waals surface area (Å²) in [5, 5.41) is 9.10. The van der Waals surface area contributed by atoms with Crippen LogP contribution in [-0.2, 0) is 4.74 Å². The predicted octanol–water partition coefficient (Wildman–Crippen LogP) is 4.99. The van der Waals surface area contributed by atoms with Crippen LogP contribution in [-0.4, -0.2) is 70.4 Å². The minimum atomic E-state index is -0.650. The van der Waals surface area contributed by atoms with Crippen LogP contribution in [0.2, 0.25) is 0 Å². The summed E-state index contributed by atoms with van der Waals surface area (Å²) in [6.07, 6.45) is 3.88. The number of nitrogens with zero attached hydrogens (tertiary/aromatic N) is 5. The van der Waals surface area contributed by atoms with Gasteiger partial charge in [0.2, 0.25) is 0 Å². The number of carbonyl (C=O) groups is 1. The smallest absolute Gasteiger partial charge is 0.312 e. The summed E-state index contributed by atoms with van der Waals surface area (Å²) < 4.78 is 32.5. The third-order valence-corrected chi connectivity index (χ3v) is 6.50. The first-order chi connectivity index (χ1) is 18.9. The Morgan fingerprint density at radius 1 is 1.25 bits per heavy atom. The van der Waals surface area contributed by atoms with E-state index in [1.807, 2.05) is 0 Å². The van der Waals surface area contributed by atoms with Gasteiger partial charge in [0.05, 0.1) is 31.6 Å². The zero-order chi connectivity index (χ0) is 27.5. The predicted molar refractivity (Wildman–Crippen MR) is 147 cm³/mol. The van der Waals surface area contributed by atoms with Gasteiger partial charge in [-0.25, -0.2) is 9.37 Å². The molecule has 5 heterocycles. The molecule has 40 heavy (non-hydrogen) atoms. The molecule has 1 amide bonds. The van der Waals surface area contributed by atoms with Gasteiger partial charge in [-0.2, -0.15) is 0 Å². The highest BCUT2D eigenvalue weighted by Crippen LogP contribution is 2.38. The van der Waals surface area contributed by atoms with Crippen molar-refractivity contribution in [2.75, 3.05) is 33.4 Å². The number of aliphatic hydroxyl groups excluding tert-OH is 1. The lowest BCUT2D eigenvalue weighted by molar-refractivity contribution is 0.0258. The summed E-state index contributed by atoms with van der Waals surface area (Å²) in [5.74, 6) is -0.214. The second-order valence-electron chi connectivity index (χ2n) is 9.21. The molecule has 0 bridgehead atoms. The van der Waals surface area contributed by atoms with Gasteiger partial charge in [-0.3, -0.25) is 9.78 Å². The number of carbonyl (C=O) groups excluding carboxylic acids is 1. The molecule has 1 saturated heterocycles. The van der Waals surface area contributed by atoms with Gasteiger partial charge < -0.3 is 28.7 Å². The van der Waals surface area contributed by atoms with Gasteiger partial charge in [-0.05, 0) is 30.7 Å². The molecule has 0 aromatic carbocycles. The van der Waals surface area contributed by atoms with Crippen LogP contribution in [0.15, 0.2) is 41.1 Å². The van der Waals surface area contributed by atoms with Crippen molar-refractivity contribution in [2.45, 2.75) is 25.9 Å². The normalized spacial score (nSPS) is 13.5. The van der Waals surface area contributed by atoms with Gasteiger partial charge in [0, 0.05) is 38.7 Å². The molecule has 12 heteroatoms. The number of fused-ring (bicyclic) bond motifs is 1. The molecule has 0 aliphatic carbocycles. The van der Waals surface area contributed by atoms with Gasteiger partial charge >= 0.3 is 5.82 Å². The molecule has 0 spiro atoms. The number of pyridine rings is 3. The molecule has 208 valence electrons. The Kier molecular flexibility index (Phi) is 8.94. The summed E-state index contributed by atoms with van der Waals surface area (Å²) in [6.45, 7) is 10.6. The van der Waals surface area contributed by atoms with Gasteiger partial charge in [0.15, 0.2) is 22.9 Å². The van der Waals surface area contributed by atoms with Crippen LogP contribution in [0.25, 0.3) is 38.7 Å². The highest BCUT2D eigenvalue weighted by molar-refractivity contribution is 5.95. The third-order valence-electron chi connectivity index (χ3n) is 6.50. The highest BCUT2D eigenvalue weighted by atomic mass is 35.5. The molecule has 0 unspecified atom stereocenters. The van der Waals surface area contributed by atoms with E-state index >= 15 is 4.39 Å². The largest absolute Gasteiger partial charge is 0.499 e. The minimum absolute atomic E-state index is 0. The molecule has 0 atom stereocenters. The van der Waals surface area contributed by atoms with E-state index in [1.165, 1.54) is 11.1 Å². The average molecular weight is 568 g/mol. The summed E-state index contributed by atoms with van der Waals surface area (Å²) in [6, 6.07) is 6.54. The molecule has 4 aromatic rings. The van der Waals surface area contributed by atoms with Crippen LogP contribution in [0.1, 0.15) is 28.8 Å². The van der Waals surface area contributed by atoms with Crippen molar-refractivity contribution in [1.29, 1.82) is 0 Å². The van der Waals surface area contributed by atoms with E-state index in [9.17, 15) is 4.79 Å². The lowest BCUT2D eigenvalue weighted by Gasteiger charge is -2.23. The lowest BCUT2D eigenvalue weighted by Crippen LogP contribution is -2.29. The van der Waals surface area contributed by atoms with E-state index < -0.39 is 5.82 Å². The van der Waals surface area contributed by atoms with Crippen LogP contribution in [0, 0.1) is 19.3 Å². The lowest BCUT2D eigenvalue weighted by atomic mass is 10.1. The number of furan rings is 1. The minimum Gasteiger partial charge on any atom is -0.499 e. The Morgan fingerprint density at radius 2 is 2.02 bits per heavy atom.